The number of aliphatic carboxylic acids is 1. The summed E-state index contributed by atoms with van der Waals surface area (Å²) >= 11 is 0. The van der Waals surface area contributed by atoms with Crippen LogP contribution >= 0.6 is 0 Å². The Morgan fingerprint density at radius 2 is 1.85 bits per heavy atom. The SMILES string of the molecule is CN(CCCCc1ccccc1)S(=O)(=O)CCC(=O)O. The molecule has 0 aliphatic heterocycles. The van der Waals surface area contributed by atoms with Gasteiger partial charge in [0.2, 0.25) is 10.0 Å². The van der Waals surface area contributed by atoms with E-state index in [0.717, 1.165) is 19.3 Å². The van der Waals surface area contributed by atoms with E-state index in [2.05, 4.69) is 0 Å². The molecule has 0 saturated carbocycles. The lowest BCUT2D eigenvalue weighted by Crippen LogP contribution is -2.31. The standard InChI is InChI=1S/C14H21NO4S/c1-15(20(18,19)12-10-14(16)17)11-6-5-9-13-7-3-2-4-8-13/h2-4,7-8H,5-6,9-12H2,1H3,(H,16,17). The summed E-state index contributed by atoms with van der Waals surface area (Å²) in [6.07, 6.45) is 2.24. The van der Waals surface area contributed by atoms with Gasteiger partial charge in [0.15, 0.2) is 0 Å². The first-order valence-electron chi connectivity index (χ1n) is 6.61. The van der Waals surface area contributed by atoms with Gasteiger partial charge in [-0.25, -0.2) is 12.7 Å². The minimum atomic E-state index is -3.45. The summed E-state index contributed by atoms with van der Waals surface area (Å²) in [4.78, 5) is 10.4. The zero-order valence-electron chi connectivity index (χ0n) is 11.7. The highest BCUT2D eigenvalue weighted by Crippen LogP contribution is 2.07. The zero-order chi connectivity index (χ0) is 15.0. The molecule has 20 heavy (non-hydrogen) atoms. The number of nitrogens with zero attached hydrogens (tertiary/aromatic N) is 1. The Kier molecular flexibility index (Phi) is 6.67. The molecule has 1 N–H and O–H groups in total. The molecule has 0 atom stereocenters. The Hall–Kier alpha value is -1.40. The number of sulfonamides is 1. The van der Waals surface area contributed by atoms with E-state index in [4.69, 9.17) is 5.11 Å². The van der Waals surface area contributed by atoms with Crippen molar-refractivity contribution in [2.75, 3.05) is 19.3 Å². The summed E-state index contributed by atoms with van der Waals surface area (Å²) in [5.41, 5.74) is 1.24. The van der Waals surface area contributed by atoms with Crippen molar-refractivity contribution >= 4 is 16.0 Å². The third kappa shape index (κ3) is 6.16. The minimum absolute atomic E-state index is 0.336. The van der Waals surface area contributed by atoms with Crippen molar-refractivity contribution in [2.24, 2.45) is 0 Å². The van der Waals surface area contributed by atoms with Gasteiger partial charge in [0.25, 0.3) is 0 Å². The van der Waals surface area contributed by atoms with Crippen molar-refractivity contribution in [3.63, 3.8) is 0 Å². The number of rotatable bonds is 9. The highest BCUT2D eigenvalue weighted by molar-refractivity contribution is 7.89. The van der Waals surface area contributed by atoms with Crippen molar-refractivity contribution in [1.82, 2.24) is 4.31 Å². The molecule has 5 nitrogen and oxygen atoms in total. The van der Waals surface area contributed by atoms with Crippen LogP contribution in [0.3, 0.4) is 0 Å². The molecular formula is C14H21NO4S. The lowest BCUT2D eigenvalue weighted by molar-refractivity contribution is -0.136. The molecule has 0 aliphatic carbocycles. The molecule has 0 saturated heterocycles. The summed E-state index contributed by atoms with van der Waals surface area (Å²) in [6, 6.07) is 10.0. The summed E-state index contributed by atoms with van der Waals surface area (Å²) < 4.78 is 24.8. The fourth-order valence-electron chi connectivity index (χ4n) is 1.82. The molecule has 0 radical (unpaired) electrons. The van der Waals surface area contributed by atoms with Crippen LogP contribution in [0.25, 0.3) is 0 Å². The van der Waals surface area contributed by atoms with Gasteiger partial charge < -0.3 is 5.11 Å². The summed E-state index contributed by atoms with van der Waals surface area (Å²) in [5, 5.41) is 8.52. The average Bonchev–Trinajstić information content (AvgIpc) is 2.42. The molecule has 1 aromatic rings. The molecule has 0 heterocycles. The lowest BCUT2D eigenvalue weighted by Gasteiger charge is -2.16. The second-order valence-corrected chi connectivity index (χ2v) is 6.92. The largest absolute Gasteiger partial charge is 0.481 e. The number of carbonyl (C=O) groups is 1. The molecule has 0 amide bonds. The van der Waals surface area contributed by atoms with Crippen molar-refractivity contribution in [1.29, 1.82) is 0 Å². The molecule has 0 unspecified atom stereocenters. The molecule has 0 fully saturated rings. The second kappa shape index (κ2) is 8.01. The number of benzene rings is 1. The van der Waals surface area contributed by atoms with Crippen LogP contribution in [-0.2, 0) is 21.2 Å². The number of unbranched alkanes of at least 4 members (excludes halogenated alkanes) is 1. The van der Waals surface area contributed by atoms with E-state index < -0.39 is 16.0 Å². The topological polar surface area (TPSA) is 74.7 Å². The monoisotopic (exact) mass is 299 g/mol. The van der Waals surface area contributed by atoms with E-state index >= 15 is 0 Å². The molecule has 0 bridgehead atoms. The molecule has 1 rings (SSSR count). The van der Waals surface area contributed by atoms with E-state index in [9.17, 15) is 13.2 Å². The van der Waals surface area contributed by atoms with Gasteiger partial charge in [-0.2, -0.15) is 0 Å². The fourth-order valence-corrected chi connectivity index (χ4v) is 2.97. The van der Waals surface area contributed by atoms with Crippen LogP contribution in [0.15, 0.2) is 30.3 Å². The predicted octanol–water partition coefficient (Wildman–Crippen LogP) is 1.75. The van der Waals surface area contributed by atoms with Crippen molar-refractivity contribution in [3.8, 4) is 0 Å². The van der Waals surface area contributed by atoms with Gasteiger partial charge in [0.05, 0.1) is 12.2 Å². The minimum Gasteiger partial charge on any atom is -0.481 e. The van der Waals surface area contributed by atoms with Gasteiger partial charge in [-0.05, 0) is 24.8 Å². The molecule has 0 spiro atoms. The van der Waals surface area contributed by atoms with Gasteiger partial charge in [-0.15, -0.1) is 0 Å². The number of carboxylic acids is 1. The van der Waals surface area contributed by atoms with Crippen LogP contribution in [0.4, 0.5) is 0 Å². The first-order valence-corrected chi connectivity index (χ1v) is 8.22. The predicted molar refractivity (Wildman–Crippen MR) is 78.0 cm³/mol. The Bertz CT molecular complexity index is 513. The van der Waals surface area contributed by atoms with Gasteiger partial charge >= 0.3 is 5.97 Å². The average molecular weight is 299 g/mol. The van der Waals surface area contributed by atoms with Gasteiger partial charge in [-0.3, -0.25) is 4.79 Å². The third-order valence-corrected chi connectivity index (χ3v) is 4.93. The first kappa shape index (κ1) is 16.7. The van der Waals surface area contributed by atoms with Crippen LogP contribution in [0, 0.1) is 0 Å². The number of aryl methyl sites for hydroxylation is 1. The van der Waals surface area contributed by atoms with Gasteiger partial charge in [-0.1, -0.05) is 30.3 Å². The van der Waals surface area contributed by atoms with Crippen molar-refractivity contribution < 1.29 is 18.3 Å². The molecule has 112 valence electrons. The molecule has 0 aromatic heterocycles. The number of hydrogen-bond donors (Lipinski definition) is 1. The normalized spacial score (nSPS) is 11.7. The lowest BCUT2D eigenvalue weighted by atomic mass is 10.1. The zero-order valence-corrected chi connectivity index (χ0v) is 12.5. The third-order valence-electron chi connectivity index (χ3n) is 3.08. The van der Waals surface area contributed by atoms with Gasteiger partial charge in [0, 0.05) is 13.6 Å². The molecule has 6 heteroatoms. The second-order valence-electron chi connectivity index (χ2n) is 4.72. The van der Waals surface area contributed by atoms with Crippen LogP contribution in [0.1, 0.15) is 24.8 Å². The van der Waals surface area contributed by atoms with E-state index in [0.29, 0.717) is 6.54 Å². The Labute approximate surface area is 120 Å². The fraction of sp³-hybridized carbons (Fsp3) is 0.500. The van der Waals surface area contributed by atoms with E-state index in [1.54, 1.807) is 0 Å². The highest BCUT2D eigenvalue weighted by atomic mass is 32.2. The summed E-state index contributed by atoms with van der Waals surface area (Å²) in [5.74, 6) is -1.43. The van der Waals surface area contributed by atoms with E-state index in [1.165, 1.54) is 16.9 Å². The van der Waals surface area contributed by atoms with Crippen LogP contribution in [0.2, 0.25) is 0 Å². The van der Waals surface area contributed by atoms with Crippen LogP contribution in [-0.4, -0.2) is 43.1 Å². The molecular weight excluding hydrogens is 278 g/mol. The van der Waals surface area contributed by atoms with Gasteiger partial charge in [0.1, 0.15) is 0 Å². The maximum atomic E-state index is 11.8. The van der Waals surface area contributed by atoms with E-state index in [1.807, 2.05) is 30.3 Å². The molecule has 0 aliphatic rings. The van der Waals surface area contributed by atoms with Crippen LogP contribution in [0.5, 0.6) is 0 Å². The summed E-state index contributed by atoms with van der Waals surface area (Å²) in [6.45, 7) is 0.425. The quantitative estimate of drug-likeness (QED) is 0.705. The highest BCUT2D eigenvalue weighted by Gasteiger charge is 2.18. The Morgan fingerprint density at radius 3 is 2.45 bits per heavy atom. The summed E-state index contributed by atoms with van der Waals surface area (Å²) in [7, 11) is -1.95. The van der Waals surface area contributed by atoms with E-state index in [-0.39, 0.29) is 12.2 Å². The van der Waals surface area contributed by atoms with Crippen molar-refractivity contribution in [3.05, 3.63) is 35.9 Å². The Morgan fingerprint density at radius 1 is 1.20 bits per heavy atom. The molecule has 1 aromatic carbocycles. The van der Waals surface area contributed by atoms with Crippen LogP contribution < -0.4 is 0 Å². The maximum Gasteiger partial charge on any atom is 0.304 e. The number of hydrogen-bond acceptors (Lipinski definition) is 3. The number of carboxylic acid groups (broad SMARTS) is 1. The Balaban J connectivity index is 2.28. The first-order chi connectivity index (χ1) is 9.42. The smallest absolute Gasteiger partial charge is 0.304 e. The maximum absolute atomic E-state index is 11.8. The van der Waals surface area contributed by atoms with Crippen molar-refractivity contribution in [2.45, 2.75) is 25.7 Å².